The molecule has 0 aromatic heterocycles. The monoisotopic (exact) mass is 198 g/mol. The quantitative estimate of drug-likeness (QED) is 0.696. The summed E-state index contributed by atoms with van der Waals surface area (Å²) in [5.74, 6) is -1.49. The van der Waals surface area contributed by atoms with E-state index in [1.165, 1.54) is 6.07 Å². The van der Waals surface area contributed by atoms with Crippen molar-refractivity contribution in [3.05, 3.63) is 35.4 Å². The Bertz CT molecular complexity index is 381. The standard InChI is InChI=1S/C9H8F2N2O/c10-5-1-2-6(7(11)3-5)9-12-4-8(14)13-9/h1-3,9,12H,4H2,(H,13,14). The molecule has 1 unspecified atom stereocenters. The van der Waals surface area contributed by atoms with Crippen molar-refractivity contribution in [3.8, 4) is 0 Å². The summed E-state index contributed by atoms with van der Waals surface area (Å²) in [6.45, 7) is 0.154. The molecule has 2 rings (SSSR count). The molecular weight excluding hydrogens is 190 g/mol. The molecule has 1 aromatic carbocycles. The highest BCUT2D eigenvalue weighted by Crippen LogP contribution is 2.17. The molecule has 1 aliphatic heterocycles. The lowest BCUT2D eigenvalue weighted by atomic mass is 10.1. The third-order valence-electron chi connectivity index (χ3n) is 2.05. The minimum atomic E-state index is -0.662. The molecule has 1 fully saturated rings. The van der Waals surface area contributed by atoms with Gasteiger partial charge in [0.15, 0.2) is 0 Å². The van der Waals surface area contributed by atoms with Crippen LogP contribution in [0.3, 0.4) is 0 Å². The zero-order valence-electron chi connectivity index (χ0n) is 7.18. The van der Waals surface area contributed by atoms with Crippen molar-refractivity contribution in [2.24, 2.45) is 0 Å². The fourth-order valence-electron chi connectivity index (χ4n) is 1.38. The Labute approximate surface area is 79.1 Å². The van der Waals surface area contributed by atoms with Crippen LogP contribution >= 0.6 is 0 Å². The van der Waals surface area contributed by atoms with Crippen LogP contribution in [0.1, 0.15) is 11.7 Å². The summed E-state index contributed by atoms with van der Waals surface area (Å²) >= 11 is 0. The average Bonchev–Trinajstić information content (AvgIpc) is 2.51. The lowest BCUT2D eigenvalue weighted by molar-refractivity contribution is -0.118. The predicted molar refractivity (Wildman–Crippen MR) is 45.2 cm³/mol. The van der Waals surface area contributed by atoms with Crippen molar-refractivity contribution in [2.75, 3.05) is 6.54 Å². The molecule has 1 heterocycles. The molecule has 74 valence electrons. The molecule has 1 aromatic rings. The minimum absolute atomic E-state index is 0.154. The van der Waals surface area contributed by atoms with Crippen LogP contribution in [0.25, 0.3) is 0 Å². The van der Waals surface area contributed by atoms with Gasteiger partial charge in [-0.05, 0) is 12.1 Å². The van der Waals surface area contributed by atoms with Gasteiger partial charge in [-0.3, -0.25) is 10.1 Å². The van der Waals surface area contributed by atoms with Crippen LogP contribution in [0.4, 0.5) is 8.78 Å². The van der Waals surface area contributed by atoms with E-state index in [-0.39, 0.29) is 18.0 Å². The molecule has 0 bridgehead atoms. The summed E-state index contributed by atoms with van der Waals surface area (Å²) in [7, 11) is 0. The van der Waals surface area contributed by atoms with E-state index in [0.717, 1.165) is 12.1 Å². The number of carbonyl (C=O) groups excluding carboxylic acids is 1. The Morgan fingerprint density at radius 1 is 1.36 bits per heavy atom. The summed E-state index contributed by atoms with van der Waals surface area (Å²) in [6, 6.07) is 3.26. The summed E-state index contributed by atoms with van der Waals surface area (Å²) < 4.78 is 25.8. The maximum Gasteiger partial charge on any atom is 0.235 e. The van der Waals surface area contributed by atoms with E-state index in [1.807, 2.05) is 0 Å². The van der Waals surface area contributed by atoms with Crippen LogP contribution in [0.5, 0.6) is 0 Å². The van der Waals surface area contributed by atoms with Gasteiger partial charge in [-0.1, -0.05) is 0 Å². The summed E-state index contributed by atoms with van der Waals surface area (Å²) in [6.07, 6.45) is -0.553. The molecule has 1 atom stereocenters. The average molecular weight is 198 g/mol. The smallest absolute Gasteiger partial charge is 0.235 e. The summed E-state index contributed by atoms with van der Waals surface area (Å²) in [4.78, 5) is 10.8. The fourth-order valence-corrected chi connectivity index (χ4v) is 1.38. The van der Waals surface area contributed by atoms with Crippen LogP contribution in [0.15, 0.2) is 18.2 Å². The molecule has 1 amide bonds. The Kier molecular flexibility index (Phi) is 2.17. The maximum atomic E-state index is 13.2. The first-order valence-corrected chi connectivity index (χ1v) is 4.14. The lowest BCUT2D eigenvalue weighted by Gasteiger charge is -2.11. The van der Waals surface area contributed by atoms with Gasteiger partial charge in [0.25, 0.3) is 0 Å². The molecule has 2 N–H and O–H groups in total. The number of hydrogen-bond donors (Lipinski definition) is 2. The zero-order valence-corrected chi connectivity index (χ0v) is 7.18. The summed E-state index contributed by atoms with van der Waals surface area (Å²) in [5.41, 5.74) is 0.247. The predicted octanol–water partition coefficient (Wildman–Crippen LogP) is 0.683. The SMILES string of the molecule is O=C1CNC(c2ccc(F)cc2F)N1. The number of hydrogen-bond acceptors (Lipinski definition) is 2. The number of benzene rings is 1. The molecule has 0 radical (unpaired) electrons. The number of carbonyl (C=O) groups is 1. The largest absolute Gasteiger partial charge is 0.335 e. The van der Waals surface area contributed by atoms with Crippen molar-refractivity contribution in [2.45, 2.75) is 6.17 Å². The van der Waals surface area contributed by atoms with Crippen molar-refractivity contribution < 1.29 is 13.6 Å². The van der Waals surface area contributed by atoms with Crippen molar-refractivity contribution in [1.82, 2.24) is 10.6 Å². The molecule has 0 saturated carbocycles. The number of amides is 1. The first kappa shape index (κ1) is 9.08. The van der Waals surface area contributed by atoms with Gasteiger partial charge in [0.1, 0.15) is 17.8 Å². The van der Waals surface area contributed by atoms with Gasteiger partial charge in [0, 0.05) is 11.6 Å². The first-order valence-electron chi connectivity index (χ1n) is 4.14. The fraction of sp³-hybridized carbons (Fsp3) is 0.222. The van der Waals surface area contributed by atoms with Gasteiger partial charge in [0.2, 0.25) is 5.91 Å². The molecule has 3 nitrogen and oxygen atoms in total. The van der Waals surface area contributed by atoms with Gasteiger partial charge >= 0.3 is 0 Å². The minimum Gasteiger partial charge on any atom is -0.335 e. The van der Waals surface area contributed by atoms with Gasteiger partial charge in [-0.2, -0.15) is 0 Å². The molecule has 5 heteroatoms. The maximum absolute atomic E-state index is 13.2. The van der Waals surface area contributed by atoms with Crippen LogP contribution < -0.4 is 10.6 Å². The number of halogens is 2. The topological polar surface area (TPSA) is 41.1 Å². The molecular formula is C9H8F2N2O. The van der Waals surface area contributed by atoms with Gasteiger partial charge in [0.05, 0.1) is 6.54 Å². The van der Waals surface area contributed by atoms with Crippen molar-refractivity contribution in [1.29, 1.82) is 0 Å². The third-order valence-corrected chi connectivity index (χ3v) is 2.05. The van der Waals surface area contributed by atoms with E-state index in [1.54, 1.807) is 0 Å². The first-order chi connectivity index (χ1) is 6.66. The lowest BCUT2D eigenvalue weighted by Crippen LogP contribution is -2.23. The van der Waals surface area contributed by atoms with Crippen LogP contribution in [0.2, 0.25) is 0 Å². The third kappa shape index (κ3) is 1.58. The molecule has 1 saturated heterocycles. The van der Waals surface area contributed by atoms with Crippen LogP contribution in [-0.2, 0) is 4.79 Å². The molecule has 1 aliphatic rings. The van der Waals surface area contributed by atoms with E-state index in [9.17, 15) is 13.6 Å². The van der Waals surface area contributed by atoms with Crippen LogP contribution in [0, 0.1) is 11.6 Å². The van der Waals surface area contributed by atoms with Crippen LogP contribution in [-0.4, -0.2) is 12.5 Å². The second-order valence-electron chi connectivity index (χ2n) is 3.05. The second kappa shape index (κ2) is 3.34. The highest BCUT2D eigenvalue weighted by atomic mass is 19.1. The second-order valence-corrected chi connectivity index (χ2v) is 3.05. The Morgan fingerprint density at radius 2 is 2.14 bits per heavy atom. The van der Waals surface area contributed by atoms with Gasteiger partial charge in [-0.25, -0.2) is 8.78 Å². The number of rotatable bonds is 1. The summed E-state index contributed by atoms with van der Waals surface area (Å²) in [5, 5.41) is 5.28. The highest BCUT2D eigenvalue weighted by Gasteiger charge is 2.23. The van der Waals surface area contributed by atoms with Crippen molar-refractivity contribution >= 4 is 5.91 Å². The molecule has 14 heavy (non-hydrogen) atoms. The zero-order chi connectivity index (χ0) is 10.1. The van der Waals surface area contributed by atoms with Gasteiger partial charge < -0.3 is 5.32 Å². The van der Waals surface area contributed by atoms with E-state index in [4.69, 9.17) is 0 Å². The van der Waals surface area contributed by atoms with E-state index < -0.39 is 17.8 Å². The molecule has 0 aliphatic carbocycles. The van der Waals surface area contributed by atoms with Gasteiger partial charge in [-0.15, -0.1) is 0 Å². The number of nitrogens with one attached hydrogen (secondary N) is 2. The molecule has 0 spiro atoms. The van der Waals surface area contributed by atoms with E-state index in [2.05, 4.69) is 10.6 Å². The normalized spacial score (nSPS) is 21.0. The van der Waals surface area contributed by atoms with E-state index in [0.29, 0.717) is 0 Å². The Morgan fingerprint density at radius 3 is 2.71 bits per heavy atom. The van der Waals surface area contributed by atoms with E-state index >= 15 is 0 Å². The highest BCUT2D eigenvalue weighted by molar-refractivity contribution is 5.80. The Hall–Kier alpha value is -1.49. The Balaban J connectivity index is 2.28. The van der Waals surface area contributed by atoms with Crippen molar-refractivity contribution in [3.63, 3.8) is 0 Å².